The Kier molecular flexibility index (Phi) is 6.96. The van der Waals surface area contributed by atoms with Crippen LogP contribution in [0.5, 0.6) is 5.75 Å². The van der Waals surface area contributed by atoms with E-state index in [2.05, 4.69) is 70.5 Å². The van der Waals surface area contributed by atoms with Gasteiger partial charge in [-0.15, -0.1) is 0 Å². The number of piperidine rings is 2. The van der Waals surface area contributed by atoms with Crippen molar-refractivity contribution >= 4 is 5.91 Å². The Hall–Kier alpha value is -3.11. The first-order valence-electron chi connectivity index (χ1n) is 12.5. The fraction of sp³-hybridized carbons (Fsp3) is 0.367. The minimum Gasteiger partial charge on any atom is -0.496 e. The summed E-state index contributed by atoms with van der Waals surface area (Å²) >= 11 is 0. The Morgan fingerprint density at radius 3 is 2.41 bits per heavy atom. The van der Waals surface area contributed by atoms with Gasteiger partial charge < -0.3 is 9.64 Å². The molecule has 0 spiro atoms. The first-order valence-corrected chi connectivity index (χ1v) is 12.5. The van der Waals surface area contributed by atoms with Crippen molar-refractivity contribution in [3.8, 4) is 16.9 Å². The minimum absolute atomic E-state index is 0.320. The zero-order valence-corrected chi connectivity index (χ0v) is 20.0. The van der Waals surface area contributed by atoms with Crippen LogP contribution in [0.1, 0.15) is 30.4 Å². The molecule has 4 nitrogen and oxygen atoms in total. The monoisotopic (exact) mass is 454 g/mol. The normalized spacial score (nSPS) is 20.7. The van der Waals surface area contributed by atoms with Crippen LogP contribution < -0.4 is 4.74 Å². The number of likely N-dealkylation sites (tertiary alicyclic amines) is 2. The van der Waals surface area contributed by atoms with Gasteiger partial charge in [-0.25, -0.2) is 0 Å². The third-order valence-electron chi connectivity index (χ3n) is 7.51. The summed E-state index contributed by atoms with van der Waals surface area (Å²) in [6.45, 7) is 3.87. The number of rotatable bonds is 7. The molecule has 2 fully saturated rings. The molecule has 0 unspecified atom stereocenters. The molecule has 0 saturated carbocycles. The Morgan fingerprint density at radius 2 is 1.62 bits per heavy atom. The Bertz CT molecular complexity index is 1100. The highest BCUT2D eigenvalue weighted by Crippen LogP contribution is 2.32. The second kappa shape index (κ2) is 10.4. The summed E-state index contributed by atoms with van der Waals surface area (Å²) in [7, 11) is 1.71. The lowest BCUT2D eigenvalue weighted by atomic mass is 9.83. The molecule has 2 aliphatic heterocycles. The summed E-state index contributed by atoms with van der Waals surface area (Å²) in [5.41, 5.74) is 5.06. The average Bonchev–Trinajstić information content (AvgIpc) is 2.89. The van der Waals surface area contributed by atoms with Gasteiger partial charge in [0.25, 0.3) is 0 Å². The number of nitrogens with zero attached hydrogens (tertiary/aromatic N) is 2. The van der Waals surface area contributed by atoms with Crippen molar-refractivity contribution in [2.24, 2.45) is 5.92 Å². The molecular weight excluding hydrogens is 420 g/mol. The van der Waals surface area contributed by atoms with E-state index in [9.17, 15) is 4.79 Å². The number of hydrogen-bond donors (Lipinski definition) is 0. The number of benzene rings is 3. The van der Waals surface area contributed by atoms with E-state index >= 15 is 0 Å². The molecular formula is C30H34N2O2. The van der Waals surface area contributed by atoms with Crippen molar-refractivity contribution in [3.05, 3.63) is 90.0 Å². The lowest BCUT2D eigenvalue weighted by Gasteiger charge is -2.47. The third kappa shape index (κ3) is 5.02. The summed E-state index contributed by atoms with van der Waals surface area (Å²) in [4.78, 5) is 17.6. The van der Waals surface area contributed by atoms with Gasteiger partial charge in [0, 0.05) is 38.6 Å². The highest BCUT2D eigenvalue weighted by Gasteiger charge is 2.39. The maximum atomic E-state index is 12.8. The van der Waals surface area contributed by atoms with E-state index in [1.54, 1.807) is 7.11 Å². The van der Waals surface area contributed by atoms with E-state index in [0.29, 0.717) is 24.3 Å². The lowest BCUT2D eigenvalue weighted by molar-refractivity contribution is -0.141. The molecule has 0 aromatic heterocycles. The van der Waals surface area contributed by atoms with Crippen LogP contribution in [0.25, 0.3) is 11.1 Å². The van der Waals surface area contributed by atoms with E-state index in [1.165, 1.54) is 22.3 Å². The van der Waals surface area contributed by atoms with E-state index in [0.717, 1.165) is 51.2 Å². The van der Waals surface area contributed by atoms with E-state index in [1.807, 2.05) is 18.2 Å². The van der Waals surface area contributed by atoms with Crippen LogP contribution >= 0.6 is 0 Å². The van der Waals surface area contributed by atoms with Gasteiger partial charge >= 0.3 is 0 Å². The van der Waals surface area contributed by atoms with Gasteiger partial charge in [-0.1, -0.05) is 72.8 Å². The third-order valence-corrected chi connectivity index (χ3v) is 7.51. The largest absolute Gasteiger partial charge is 0.496 e. The number of methoxy groups -OCH3 is 1. The predicted molar refractivity (Wildman–Crippen MR) is 137 cm³/mol. The molecule has 0 N–H and O–H groups in total. The maximum absolute atomic E-state index is 12.8. The van der Waals surface area contributed by atoms with Gasteiger partial charge in [0.15, 0.2) is 0 Å². The van der Waals surface area contributed by atoms with Crippen LogP contribution in [0.2, 0.25) is 0 Å². The molecule has 0 bridgehead atoms. The average molecular weight is 455 g/mol. The van der Waals surface area contributed by atoms with E-state index < -0.39 is 0 Å². The van der Waals surface area contributed by atoms with Gasteiger partial charge in [0.05, 0.1) is 7.11 Å². The summed E-state index contributed by atoms with van der Waals surface area (Å²) in [5, 5.41) is 0. The van der Waals surface area contributed by atoms with Crippen molar-refractivity contribution in [2.75, 3.05) is 26.7 Å². The van der Waals surface area contributed by atoms with Gasteiger partial charge in [0.2, 0.25) is 5.91 Å². The highest BCUT2D eigenvalue weighted by atomic mass is 16.5. The fourth-order valence-electron chi connectivity index (χ4n) is 5.70. The molecule has 2 saturated heterocycles. The second-order valence-electron chi connectivity index (χ2n) is 9.60. The van der Waals surface area contributed by atoms with Gasteiger partial charge in [-0.2, -0.15) is 0 Å². The minimum atomic E-state index is 0.320. The summed E-state index contributed by atoms with van der Waals surface area (Å²) in [5.74, 6) is 1.80. The molecule has 0 radical (unpaired) electrons. The number of carbonyl (C=O) groups excluding carboxylic acids is 1. The maximum Gasteiger partial charge on any atom is 0.222 e. The van der Waals surface area contributed by atoms with Gasteiger partial charge in [-0.3, -0.25) is 9.69 Å². The van der Waals surface area contributed by atoms with Gasteiger partial charge in [-0.05, 0) is 53.5 Å². The topological polar surface area (TPSA) is 32.8 Å². The fourth-order valence-corrected chi connectivity index (χ4v) is 5.70. The van der Waals surface area contributed by atoms with Crippen molar-refractivity contribution in [1.82, 2.24) is 9.80 Å². The van der Waals surface area contributed by atoms with Crippen molar-refractivity contribution < 1.29 is 9.53 Å². The SMILES string of the molecule is COc1ccccc1CCN1C(=O)CC[C@@H]2CN(Cc3ccc(-c4ccccc4)cc3)CC[C@@H]21. The van der Waals surface area contributed by atoms with Crippen LogP contribution in [-0.2, 0) is 17.8 Å². The quantitative estimate of drug-likeness (QED) is 0.478. The summed E-state index contributed by atoms with van der Waals surface area (Å²) in [6, 6.07) is 28.0. The smallest absolute Gasteiger partial charge is 0.222 e. The molecule has 3 aromatic carbocycles. The predicted octanol–water partition coefficient (Wildman–Crippen LogP) is 5.42. The Morgan fingerprint density at radius 1 is 0.882 bits per heavy atom. The Balaban J connectivity index is 1.19. The van der Waals surface area contributed by atoms with Crippen molar-refractivity contribution in [1.29, 1.82) is 0 Å². The molecule has 2 heterocycles. The van der Waals surface area contributed by atoms with Crippen LogP contribution in [0, 0.1) is 5.92 Å². The summed E-state index contributed by atoms with van der Waals surface area (Å²) in [6.07, 6.45) is 3.59. The van der Waals surface area contributed by atoms with Crippen LogP contribution in [0.15, 0.2) is 78.9 Å². The zero-order valence-electron chi connectivity index (χ0n) is 20.0. The number of carbonyl (C=O) groups is 1. The summed E-state index contributed by atoms with van der Waals surface area (Å²) < 4.78 is 5.51. The molecule has 4 heteroatoms. The van der Waals surface area contributed by atoms with Crippen molar-refractivity contribution in [3.63, 3.8) is 0 Å². The molecule has 3 aromatic rings. The Labute approximate surface area is 203 Å². The number of fused-ring (bicyclic) bond motifs is 1. The molecule has 1 amide bonds. The first kappa shape index (κ1) is 22.7. The molecule has 0 aliphatic carbocycles. The number of ether oxygens (including phenoxy) is 1. The van der Waals surface area contributed by atoms with Crippen LogP contribution in [0.4, 0.5) is 0 Å². The van der Waals surface area contributed by atoms with Crippen LogP contribution in [-0.4, -0.2) is 48.5 Å². The number of amides is 1. The van der Waals surface area contributed by atoms with E-state index in [4.69, 9.17) is 4.74 Å². The molecule has 176 valence electrons. The first-order chi connectivity index (χ1) is 16.7. The molecule has 2 aliphatic rings. The van der Waals surface area contributed by atoms with Crippen LogP contribution in [0.3, 0.4) is 0 Å². The standard InChI is InChI=1S/C30H34N2O2/c1-34-29-10-6-5-9-26(29)17-20-32-28-18-19-31(22-27(28)15-16-30(32)33)21-23-11-13-25(14-12-23)24-7-3-2-4-8-24/h2-14,27-28H,15-22H2,1H3/t27-,28+/m1/s1. The second-order valence-corrected chi connectivity index (χ2v) is 9.60. The van der Waals surface area contributed by atoms with Crippen molar-refractivity contribution in [2.45, 2.75) is 38.3 Å². The molecule has 34 heavy (non-hydrogen) atoms. The van der Waals surface area contributed by atoms with Gasteiger partial charge in [0.1, 0.15) is 5.75 Å². The zero-order chi connectivity index (χ0) is 23.3. The lowest BCUT2D eigenvalue weighted by Crippen LogP contribution is -2.56. The number of hydrogen-bond acceptors (Lipinski definition) is 3. The number of para-hydroxylation sites is 1. The highest BCUT2D eigenvalue weighted by molar-refractivity contribution is 5.77. The van der Waals surface area contributed by atoms with E-state index in [-0.39, 0.29) is 0 Å². The molecule has 2 atom stereocenters. The molecule has 5 rings (SSSR count).